The van der Waals surface area contributed by atoms with Crippen LogP contribution in [0.25, 0.3) is 5.82 Å². The molecule has 1 aliphatic rings. The minimum absolute atomic E-state index is 0.0146. The van der Waals surface area contributed by atoms with Crippen LogP contribution in [0.5, 0.6) is 0 Å². The largest absolute Gasteiger partial charge is 0.365 e. The standard InChI is InChI=1S/C24H27N5O2/c1-18-24(19(2)29(26-18)22-10-6-7-13-25-22)28-16-14-27(15-17-28)23(31)12-11-21(30)20-8-4-3-5-9-20/h3-10,13H,11-12,14-17H2,1-2H3. The highest BCUT2D eigenvalue weighted by atomic mass is 16.2. The second kappa shape index (κ2) is 9.12. The zero-order valence-corrected chi connectivity index (χ0v) is 18.0. The lowest BCUT2D eigenvalue weighted by Gasteiger charge is -2.36. The van der Waals surface area contributed by atoms with Crippen molar-refractivity contribution in [3.63, 3.8) is 0 Å². The van der Waals surface area contributed by atoms with E-state index in [2.05, 4.69) is 21.9 Å². The smallest absolute Gasteiger partial charge is 0.223 e. The van der Waals surface area contributed by atoms with Crippen molar-refractivity contribution in [2.45, 2.75) is 26.7 Å². The highest BCUT2D eigenvalue weighted by molar-refractivity contribution is 5.97. The van der Waals surface area contributed by atoms with Crippen molar-refractivity contribution < 1.29 is 9.59 Å². The average molecular weight is 418 g/mol. The molecule has 0 spiro atoms. The Morgan fingerprint density at radius 2 is 1.61 bits per heavy atom. The van der Waals surface area contributed by atoms with Gasteiger partial charge in [0, 0.05) is 50.8 Å². The minimum atomic E-state index is 0.0146. The SMILES string of the molecule is Cc1nn(-c2ccccn2)c(C)c1N1CCN(C(=O)CCC(=O)c2ccccc2)CC1. The lowest BCUT2D eigenvalue weighted by molar-refractivity contribution is -0.131. The number of aryl methyl sites for hydroxylation is 1. The van der Waals surface area contributed by atoms with E-state index in [4.69, 9.17) is 0 Å². The van der Waals surface area contributed by atoms with Crippen molar-refractivity contribution in [2.75, 3.05) is 31.1 Å². The molecule has 0 aliphatic carbocycles. The zero-order chi connectivity index (χ0) is 21.8. The van der Waals surface area contributed by atoms with Crippen LogP contribution in [-0.2, 0) is 4.79 Å². The van der Waals surface area contributed by atoms with Gasteiger partial charge in [0.05, 0.1) is 17.1 Å². The molecule has 3 heterocycles. The topological polar surface area (TPSA) is 71.3 Å². The maximum Gasteiger partial charge on any atom is 0.223 e. The van der Waals surface area contributed by atoms with Gasteiger partial charge in [0.2, 0.25) is 5.91 Å². The van der Waals surface area contributed by atoms with E-state index in [0.717, 1.165) is 36.0 Å². The number of nitrogens with zero attached hydrogens (tertiary/aromatic N) is 5. The van der Waals surface area contributed by atoms with Gasteiger partial charge in [-0.1, -0.05) is 36.4 Å². The minimum Gasteiger partial charge on any atom is -0.365 e. The molecule has 7 heteroatoms. The van der Waals surface area contributed by atoms with Crippen molar-refractivity contribution in [1.82, 2.24) is 19.7 Å². The molecule has 1 amide bonds. The number of carbonyl (C=O) groups excluding carboxylic acids is 2. The average Bonchev–Trinajstić information content (AvgIpc) is 3.12. The van der Waals surface area contributed by atoms with Gasteiger partial charge in [-0.05, 0) is 26.0 Å². The van der Waals surface area contributed by atoms with E-state index in [1.54, 1.807) is 18.3 Å². The molecule has 0 N–H and O–H groups in total. The van der Waals surface area contributed by atoms with Crippen LogP contribution in [0.2, 0.25) is 0 Å². The first-order valence-corrected chi connectivity index (χ1v) is 10.6. The molecule has 0 saturated carbocycles. The van der Waals surface area contributed by atoms with E-state index in [9.17, 15) is 9.59 Å². The number of hydrogen-bond acceptors (Lipinski definition) is 5. The van der Waals surface area contributed by atoms with Gasteiger partial charge in [-0.3, -0.25) is 9.59 Å². The molecule has 160 valence electrons. The van der Waals surface area contributed by atoms with Gasteiger partial charge >= 0.3 is 0 Å². The van der Waals surface area contributed by atoms with E-state index >= 15 is 0 Å². The number of piperazine rings is 1. The molecule has 0 atom stereocenters. The quantitative estimate of drug-likeness (QED) is 0.576. The number of amides is 1. The molecule has 0 bridgehead atoms. The number of carbonyl (C=O) groups is 2. The molecule has 1 fully saturated rings. The molecule has 4 rings (SSSR count). The summed E-state index contributed by atoms with van der Waals surface area (Å²) in [4.78, 5) is 33.5. The van der Waals surface area contributed by atoms with Gasteiger partial charge in [0.1, 0.15) is 0 Å². The lowest BCUT2D eigenvalue weighted by atomic mass is 10.1. The zero-order valence-electron chi connectivity index (χ0n) is 18.0. The summed E-state index contributed by atoms with van der Waals surface area (Å²) in [5.41, 5.74) is 3.77. The number of ketones is 1. The van der Waals surface area contributed by atoms with Gasteiger partial charge in [-0.25, -0.2) is 9.67 Å². The Bertz CT molecular complexity index is 1050. The molecule has 1 aromatic carbocycles. The first kappa shape index (κ1) is 20.8. The van der Waals surface area contributed by atoms with Crippen molar-refractivity contribution in [2.24, 2.45) is 0 Å². The first-order chi connectivity index (χ1) is 15.0. The van der Waals surface area contributed by atoms with Gasteiger partial charge in [0.25, 0.3) is 0 Å². The van der Waals surface area contributed by atoms with Crippen LogP contribution in [0.3, 0.4) is 0 Å². The van der Waals surface area contributed by atoms with Crippen LogP contribution in [0.1, 0.15) is 34.6 Å². The van der Waals surface area contributed by atoms with Crippen LogP contribution >= 0.6 is 0 Å². The number of pyridine rings is 1. The molecule has 2 aromatic heterocycles. The predicted molar refractivity (Wildman–Crippen MR) is 120 cm³/mol. The van der Waals surface area contributed by atoms with Crippen molar-refractivity contribution in [3.8, 4) is 5.82 Å². The highest BCUT2D eigenvalue weighted by Crippen LogP contribution is 2.27. The van der Waals surface area contributed by atoms with Crippen LogP contribution < -0.4 is 4.90 Å². The van der Waals surface area contributed by atoms with Gasteiger partial charge < -0.3 is 9.80 Å². The first-order valence-electron chi connectivity index (χ1n) is 10.6. The molecule has 0 radical (unpaired) electrons. The maximum absolute atomic E-state index is 12.6. The van der Waals surface area contributed by atoms with E-state index in [-0.39, 0.29) is 24.5 Å². The van der Waals surface area contributed by atoms with Crippen LogP contribution in [0.4, 0.5) is 5.69 Å². The summed E-state index contributed by atoms with van der Waals surface area (Å²) < 4.78 is 1.87. The Kier molecular flexibility index (Phi) is 6.11. The molecular formula is C24H27N5O2. The van der Waals surface area contributed by atoms with Gasteiger partial charge in [0.15, 0.2) is 11.6 Å². The Morgan fingerprint density at radius 1 is 0.903 bits per heavy atom. The second-order valence-corrected chi connectivity index (χ2v) is 7.78. The number of hydrogen-bond donors (Lipinski definition) is 0. The van der Waals surface area contributed by atoms with E-state index in [1.165, 1.54) is 0 Å². The number of anilines is 1. The Hall–Kier alpha value is -3.48. The summed E-state index contributed by atoms with van der Waals surface area (Å²) >= 11 is 0. The highest BCUT2D eigenvalue weighted by Gasteiger charge is 2.26. The van der Waals surface area contributed by atoms with E-state index in [0.29, 0.717) is 18.7 Å². The fraction of sp³-hybridized carbons (Fsp3) is 0.333. The third kappa shape index (κ3) is 4.50. The molecule has 1 saturated heterocycles. The maximum atomic E-state index is 12.6. The summed E-state index contributed by atoms with van der Waals surface area (Å²) in [7, 11) is 0. The monoisotopic (exact) mass is 417 g/mol. The molecule has 7 nitrogen and oxygen atoms in total. The number of benzene rings is 1. The van der Waals surface area contributed by atoms with Crippen LogP contribution in [0, 0.1) is 13.8 Å². The van der Waals surface area contributed by atoms with Crippen LogP contribution in [-0.4, -0.2) is 57.5 Å². The fourth-order valence-electron chi connectivity index (χ4n) is 4.12. The van der Waals surface area contributed by atoms with Crippen molar-refractivity contribution in [1.29, 1.82) is 0 Å². The number of Topliss-reactive ketones (excluding diaryl/α,β-unsaturated/α-hetero) is 1. The summed E-state index contributed by atoms with van der Waals surface area (Å²) in [5.74, 6) is 0.855. The third-order valence-corrected chi connectivity index (χ3v) is 5.73. The molecular weight excluding hydrogens is 390 g/mol. The molecule has 3 aromatic rings. The molecule has 0 unspecified atom stereocenters. The summed E-state index contributed by atoms with van der Waals surface area (Å²) in [6, 6.07) is 14.9. The Labute approximate surface area is 182 Å². The third-order valence-electron chi connectivity index (χ3n) is 5.73. The van der Waals surface area contributed by atoms with Crippen LogP contribution in [0.15, 0.2) is 54.7 Å². The summed E-state index contributed by atoms with van der Waals surface area (Å²) in [6.07, 6.45) is 2.26. The molecule has 31 heavy (non-hydrogen) atoms. The van der Waals surface area contributed by atoms with Crippen molar-refractivity contribution in [3.05, 3.63) is 71.7 Å². The van der Waals surface area contributed by atoms with E-state index < -0.39 is 0 Å². The van der Waals surface area contributed by atoms with Crippen molar-refractivity contribution >= 4 is 17.4 Å². The Morgan fingerprint density at radius 3 is 2.29 bits per heavy atom. The van der Waals surface area contributed by atoms with Gasteiger partial charge in [-0.2, -0.15) is 5.10 Å². The number of aromatic nitrogens is 3. The normalized spacial score (nSPS) is 14.0. The van der Waals surface area contributed by atoms with E-state index in [1.807, 2.05) is 52.9 Å². The predicted octanol–water partition coefficient (Wildman–Crippen LogP) is 3.20. The summed E-state index contributed by atoms with van der Waals surface area (Å²) in [5, 5.41) is 4.68. The fourth-order valence-corrected chi connectivity index (χ4v) is 4.12. The Balaban J connectivity index is 1.35. The molecule has 1 aliphatic heterocycles. The lowest BCUT2D eigenvalue weighted by Crippen LogP contribution is -2.49. The van der Waals surface area contributed by atoms with Gasteiger partial charge in [-0.15, -0.1) is 0 Å². The second-order valence-electron chi connectivity index (χ2n) is 7.78. The number of rotatable bonds is 6. The summed E-state index contributed by atoms with van der Waals surface area (Å²) in [6.45, 7) is 6.84.